The van der Waals surface area contributed by atoms with Crippen LogP contribution >= 0.6 is 0 Å². The third kappa shape index (κ3) is 1.97. The number of para-hydroxylation sites is 1. The van der Waals surface area contributed by atoms with Crippen molar-refractivity contribution in [2.24, 2.45) is 0 Å². The summed E-state index contributed by atoms with van der Waals surface area (Å²) in [5, 5.41) is 0. The SMILES string of the molecule is COC(=O)C1c2ccccc2CN1c1ccccc1. The number of carbonyl (C=O) groups is 1. The number of benzene rings is 2. The summed E-state index contributed by atoms with van der Waals surface area (Å²) in [7, 11) is 1.44. The largest absolute Gasteiger partial charge is 0.467 e. The second kappa shape index (κ2) is 4.76. The number of hydrogen-bond acceptors (Lipinski definition) is 3. The number of nitrogens with zero attached hydrogens (tertiary/aromatic N) is 1. The third-order valence-corrected chi connectivity index (χ3v) is 3.51. The molecule has 2 aromatic rings. The van der Waals surface area contributed by atoms with Gasteiger partial charge in [0.1, 0.15) is 0 Å². The lowest BCUT2D eigenvalue weighted by Crippen LogP contribution is -2.28. The fourth-order valence-corrected chi connectivity index (χ4v) is 2.61. The molecular formula is C16H15NO2. The first kappa shape index (κ1) is 11.8. The van der Waals surface area contributed by atoms with Gasteiger partial charge in [0.25, 0.3) is 0 Å². The molecular weight excluding hydrogens is 238 g/mol. The molecule has 3 nitrogen and oxygen atoms in total. The van der Waals surface area contributed by atoms with Crippen LogP contribution in [0.2, 0.25) is 0 Å². The first-order valence-corrected chi connectivity index (χ1v) is 6.28. The van der Waals surface area contributed by atoms with E-state index in [2.05, 4.69) is 11.0 Å². The van der Waals surface area contributed by atoms with E-state index in [0.29, 0.717) is 0 Å². The number of methoxy groups -OCH3 is 1. The van der Waals surface area contributed by atoms with Crippen LogP contribution in [0.15, 0.2) is 54.6 Å². The van der Waals surface area contributed by atoms with E-state index in [1.807, 2.05) is 48.5 Å². The molecule has 1 heterocycles. The highest BCUT2D eigenvalue weighted by Gasteiger charge is 2.36. The van der Waals surface area contributed by atoms with Crippen molar-refractivity contribution in [1.29, 1.82) is 0 Å². The predicted octanol–water partition coefficient (Wildman–Crippen LogP) is 2.92. The van der Waals surface area contributed by atoms with E-state index in [9.17, 15) is 4.79 Å². The van der Waals surface area contributed by atoms with E-state index in [0.717, 1.165) is 17.8 Å². The summed E-state index contributed by atoms with van der Waals surface area (Å²) in [6.45, 7) is 0.736. The van der Waals surface area contributed by atoms with Crippen LogP contribution in [-0.2, 0) is 16.1 Å². The molecule has 0 fully saturated rings. The number of rotatable bonds is 2. The molecule has 0 radical (unpaired) electrons. The third-order valence-electron chi connectivity index (χ3n) is 3.51. The number of esters is 1. The standard InChI is InChI=1S/C16H15NO2/c1-19-16(18)15-14-10-6-5-7-12(14)11-17(15)13-8-3-2-4-9-13/h2-10,15H,11H2,1H3. The Morgan fingerprint density at radius 3 is 2.53 bits per heavy atom. The molecule has 1 aliphatic rings. The molecule has 1 unspecified atom stereocenters. The van der Waals surface area contributed by atoms with Crippen molar-refractivity contribution in [2.45, 2.75) is 12.6 Å². The van der Waals surface area contributed by atoms with Gasteiger partial charge in [0, 0.05) is 12.2 Å². The molecule has 0 aliphatic carbocycles. The van der Waals surface area contributed by atoms with Gasteiger partial charge in [-0.2, -0.15) is 0 Å². The Kier molecular flexibility index (Phi) is 2.95. The average Bonchev–Trinajstić information content (AvgIpc) is 2.87. The maximum Gasteiger partial charge on any atom is 0.333 e. The predicted molar refractivity (Wildman–Crippen MR) is 73.8 cm³/mol. The van der Waals surface area contributed by atoms with Crippen molar-refractivity contribution in [1.82, 2.24) is 0 Å². The van der Waals surface area contributed by atoms with Crippen LogP contribution in [-0.4, -0.2) is 13.1 Å². The van der Waals surface area contributed by atoms with E-state index in [1.165, 1.54) is 12.7 Å². The molecule has 2 aromatic carbocycles. The van der Waals surface area contributed by atoms with Gasteiger partial charge >= 0.3 is 5.97 Å². The Hall–Kier alpha value is -2.29. The summed E-state index contributed by atoms with van der Waals surface area (Å²) in [5.41, 5.74) is 3.26. The fourth-order valence-electron chi connectivity index (χ4n) is 2.61. The van der Waals surface area contributed by atoms with Crippen LogP contribution in [0.25, 0.3) is 0 Å². The zero-order valence-electron chi connectivity index (χ0n) is 10.7. The highest BCUT2D eigenvalue weighted by molar-refractivity contribution is 5.84. The van der Waals surface area contributed by atoms with Gasteiger partial charge in [-0.25, -0.2) is 4.79 Å². The maximum absolute atomic E-state index is 12.1. The normalized spacial score (nSPS) is 17.1. The Bertz CT molecular complexity index is 595. The summed E-state index contributed by atoms with van der Waals surface area (Å²) in [6.07, 6.45) is 0. The van der Waals surface area contributed by atoms with Gasteiger partial charge in [0.05, 0.1) is 7.11 Å². The molecule has 0 amide bonds. The molecule has 0 bridgehead atoms. The van der Waals surface area contributed by atoms with Crippen LogP contribution in [0.5, 0.6) is 0 Å². The van der Waals surface area contributed by atoms with Crippen molar-refractivity contribution in [3.05, 3.63) is 65.7 Å². The van der Waals surface area contributed by atoms with Crippen LogP contribution in [0.1, 0.15) is 17.2 Å². The quantitative estimate of drug-likeness (QED) is 0.771. The summed E-state index contributed by atoms with van der Waals surface area (Å²) in [6, 6.07) is 17.6. The lowest BCUT2D eigenvalue weighted by atomic mass is 10.1. The van der Waals surface area contributed by atoms with Crippen LogP contribution < -0.4 is 4.90 Å². The molecule has 0 saturated heterocycles. The van der Waals surface area contributed by atoms with E-state index in [1.54, 1.807) is 0 Å². The monoisotopic (exact) mass is 253 g/mol. The minimum Gasteiger partial charge on any atom is -0.467 e. The van der Waals surface area contributed by atoms with Crippen molar-refractivity contribution < 1.29 is 9.53 Å². The Morgan fingerprint density at radius 2 is 1.79 bits per heavy atom. The minimum atomic E-state index is -0.344. The molecule has 0 aromatic heterocycles. The van der Waals surface area contributed by atoms with Crippen LogP contribution in [0.3, 0.4) is 0 Å². The first-order valence-electron chi connectivity index (χ1n) is 6.28. The molecule has 0 saturated carbocycles. The Labute approximate surface area is 112 Å². The second-order valence-corrected chi connectivity index (χ2v) is 4.59. The van der Waals surface area contributed by atoms with E-state index >= 15 is 0 Å². The lowest BCUT2D eigenvalue weighted by molar-refractivity contribution is -0.142. The zero-order chi connectivity index (χ0) is 13.2. The average molecular weight is 253 g/mol. The van der Waals surface area contributed by atoms with Gasteiger partial charge in [-0.05, 0) is 23.3 Å². The highest BCUT2D eigenvalue weighted by atomic mass is 16.5. The van der Waals surface area contributed by atoms with Crippen molar-refractivity contribution >= 4 is 11.7 Å². The van der Waals surface area contributed by atoms with Crippen molar-refractivity contribution in [2.75, 3.05) is 12.0 Å². The molecule has 19 heavy (non-hydrogen) atoms. The van der Waals surface area contributed by atoms with Gasteiger partial charge in [0.2, 0.25) is 0 Å². The van der Waals surface area contributed by atoms with Crippen LogP contribution in [0, 0.1) is 0 Å². The van der Waals surface area contributed by atoms with E-state index in [-0.39, 0.29) is 12.0 Å². The van der Waals surface area contributed by atoms with E-state index in [4.69, 9.17) is 4.74 Å². The number of hydrogen-bond donors (Lipinski definition) is 0. The molecule has 3 rings (SSSR count). The molecule has 1 aliphatic heterocycles. The summed E-state index contributed by atoms with van der Waals surface area (Å²) in [5.74, 6) is -0.214. The number of carbonyl (C=O) groups excluding carboxylic acids is 1. The zero-order valence-corrected chi connectivity index (χ0v) is 10.7. The van der Waals surface area contributed by atoms with Gasteiger partial charge < -0.3 is 9.64 Å². The topological polar surface area (TPSA) is 29.5 Å². The maximum atomic E-state index is 12.1. The highest BCUT2D eigenvalue weighted by Crippen LogP contribution is 2.37. The van der Waals surface area contributed by atoms with Crippen molar-refractivity contribution in [3.63, 3.8) is 0 Å². The summed E-state index contributed by atoms with van der Waals surface area (Å²) < 4.78 is 4.96. The second-order valence-electron chi connectivity index (χ2n) is 4.59. The number of anilines is 1. The number of fused-ring (bicyclic) bond motifs is 1. The van der Waals surface area contributed by atoms with Gasteiger partial charge in [0.15, 0.2) is 6.04 Å². The summed E-state index contributed by atoms with van der Waals surface area (Å²) >= 11 is 0. The van der Waals surface area contributed by atoms with Crippen LogP contribution in [0.4, 0.5) is 5.69 Å². The fraction of sp³-hybridized carbons (Fsp3) is 0.188. The number of ether oxygens (including phenoxy) is 1. The molecule has 1 atom stereocenters. The van der Waals surface area contributed by atoms with Gasteiger partial charge in [-0.15, -0.1) is 0 Å². The first-order chi connectivity index (χ1) is 9.31. The molecule has 96 valence electrons. The molecule has 3 heteroatoms. The smallest absolute Gasteiger partial charge is 0.333 e. The molecule has 0 N–H and O–H groups in total. The van der Waals surface area contributed by atoms with E-state index < -0.39 is 0 Å². The van der Waals surface area contributed by atoms with Gasteiger partial charge in [-0.1, -0.05) is 42.5 Å². The summed E-state index contributed by atoms with van der Waals surface area (Å²) in [4.78, 5) is 14.2. The molecule has 0 spiro atoms. The Balaban J connectivity index is 2.05. The lowest BCUT2D eigenvalue weighted by Gasteiger charge is -2.25. The van der Waals surface area contributed by atoms with Gasteiger partial charge in [-0.3, -0.25) is 0 Å². The van der Waals surface area contributed by atoms with Crippen molar-refractivity contribution in [3.8, 4) is 0 Å². The Morgan fingerprint density at radius 1 is 1.11 bits per heavy atom. The minimum absolute atomic E-state index is 0.214.